The van der Waals surface area contributed by atoms with E-state index in [2.05, 4.69) is 10.1 Å². The molecule has 1 fully saturated rings. The van der Waals surface area contributed by atoms with Crippen LogP contribution < -0.4 is 0 Å². The van der Waals surface area contributed by atoms with Crippen molar-refractivity contribution in [1.82, 2.24) is 14.8 Å². The van der Waals surface area contributed by atoms with E-state index >= 15 is 0 Å². The van der Waals surface area contributed by atoms with Gasteiger partial charge in [0.1, 0.15) is 11.9 Å². The first-order valence-corrected chi connectivity index (χ1v) is 6.60. The first-order chi connectivity index (χ1) is 9.74. The number of aromatic carboxylic acids is 1. The van der Waals surface area contributed by atoms with Crippen LogP contribution in [0.1, 0.15) is 36.0 Å². The quantitative estimate of drug-likeness (QED) is 0.928. The van der Waals surface area contributed by atoms with Gasteiger partial charge < -0.3 is 9.84 Å². The molecule has 6 heteroatoms. The number of ether oxygens (including phenoxy) is 1. The Labute approximate surface area is 116 Å². The van der Waals surface area contributed by atoms with Crippen LogP contribution in [-0.4, -0.2) is 32.4 Å². The highest BCUT2D eigenvalue weighted by Crippen LogP contribution is 2.24. The van der Waals surface area contributed by atoms with Gasteiger partial charge in [-0.1, -0.05) is 6.07 Å². The fourth-order valence-corrected chi connectivity index (χ4v) is 2.27. The van der Waals surface area contributed by atoms with Crippen LogP contribution in [0.25, 0.3) is 11.3 Å². The molecule has 0 spiro atoms. The summed E-state index contributed by atoms with van der Waals surface area (Å²) in [5.74, 6) is -1.03. The van der Waals surface area contributed by atoms with Crippen LogP contribution in [0.4, 0.5) is 0 Å². The molecule has 2 aromatic rings. The standard InChI is InChI=1S/C14H15N3O3/c18-14(19)12-5-3-4-11(16-12)10-8-15-17(9-10)13-6-1-2-7-20-13/h3-5,8-9,13H,1-2,6-7H2,(H,18,19). The summed E-state index contributed by atoms with van der Waals surface area (Å²) in [7, 11) is 0. The molecule has 0 amide bonds. The van der Waals surface area contributed by atoms with Crippen molar-refractivity contribution in [3.63, 3.8) is 0 Å². The average Bonchev–Trinajstić information content (AvgIpc) is 2.98. The molecule has 0 bridgehead atoms. The highest BCUT2D eigenvalue weighted by Gasteiger charge is 2.17. The lowest BCUT2D eigenvalue weighted by atomic mass is 10.2. The van der Waals surface area contributed by atoms with E-state index in [1.165, 1.54) is 6.07 Å². The second-order valence-corrected chi connectivity index (χ2v) is 4.74. The summed E-state index contributed by atoms with van der Waals surface area (Å²) in [6.45, 7) is 0.757. The maximum atomic E-state index is 10.9. The van der Waals surface area contributed by atoms with E-state index in [1.807, 2.05) is 6.20 Å². The van der Waals surface area contributed by atoms with Crippen molar-refractivity contribution >= 4 is 5.97 Å². The van der Waals surface area contributed by atoms with E-state index in [1.54, 1.807) is 23.0 Å². The summed E-state index contributed by atoms with van der Waals surface area (Å²) in [4.78, 5) is 15.0. The van der Waals surface area contributed by atoms with Crippen molar-refractivity contribution in [2.45, 2.75) is 25.5 Å². The smallest absolute Gasteiger partial charge is 0.354 e. The van der Waals surface area contributed by atoms with Crippen molar-refractivity contribution in [2.24, 2.45) is 0 Å². The van der Waals surface area contributed by atoms with E-state index in [9.17, 15) is 4.79 Å². The molecule has 20 heavy (non-hydrogen) atoms. The Hall–Kier alpha value is -2.21. The molecule has 1 aliphatic heterocycles. The lowest BCUT2D eigenvalue weighted by Gasteiger charge is -2.22. The Kier molecular flexibility index (Phi) is 3.47. The number of pyridine rings is 1. The predicted octanol–water partition coefficient (Wildman–Crippen LogP) is 2.34. The zero-order valence-corrected chi connectivity index (χ0v) is 10.9. The summed E-state index contributed by atoms with van der Waals surface area (Å²) < 4.78 is 7.44. The summed E-state index contributed by atoms with van der Waals surface area (Å²) in [5.41, 5.74) is 1.43. The summed E-state index contributed by atoms with van der Waals surface area (Å²) in [6.07, 6.45) is 6.68. The van der Waals surface area contributed by atoms with Crippen molar-refractivity contribution in [3.8, 4) is 11.3 Å². The van der Waals surface area contributed by atoms with Crippen molar-refractivity contribution in [1.29, 1.82) is 0 Å². The van der Waals surface area contributed by atoms with Gasteiger partial charge in [-0.15, -0.1) is 0 Å². The average molecular weight is 273 g/mol. The molecule has 1 saturated heterocycles. The van der Waals surface area contributed by atoms with Gasteiger partial charge in [-0.2, -0.15) is 5.10 Å². The monoisotopic (exact) mass is 273 g/mol. The molecule has 3 rings (SSSR count). The number of carboxylic acids is 1. The van der Waals surface area contributed by atoms with Crippen molar-refractivity contribution in [3.05, 3.63) is 36.3 Å². The van der Waals surface area contributed by atoms with Crippen molar-refractivity contribution < 1.29 is 14.6 Å². The number of hydrogen-bond donors (Lipinski definition) is 1. The lowest BCUT2D eigenvalue weighted by molar-refractivity contribution is -0.0394. The van der Waals surface area contributed by atoms with Gasteiger partial charge in [0.15, 0.2) is 0 Å². The van der Waals surface area contributed by atoms with E-state index in [0.29, 0.717) is 5.69 Å². The largest absolute Gasteiger partial charge is 0.477 e. The van der Waals surface area contributed by atoms with Gasteiger partial charge >= 0.3 is 5.97 Å². The third-order valence-electron chi connectivity index (χ3n) is 3.32. The third-order valence-corrected chi connectivity index (χ3v) is 3.32. The fourth-order valence-electron chi connectivity index (χ4n) is 2.27. The maximum Gasteiger partial charge on any atom is 0.354 e. The molecule has 0 aromatic carbocycles. The molecule has 0 aliphatic carbocycles. The van der Waals surface area contributed by atoms with Crippen LogP contribution in [-0.2, 0) is 4.74 Å². The number of hydrogen-bond acceptors (Lipinski definition) is 4. The van der Waals surface area contributed by atoms with Crippen LogP contribution in [0.15, 0.2) is 30.6 Å². The molecule has 1 aliphatic rings. The first-order valence-electron chi connectivity index (χ1n) is 6.60. The molecule has 0 saturated carbocycles. The second kappa shape index (κ2) is 5.42. The number of nitrogens with zero attached hydrogens (tertiary/aromatic N) is 3. The lowest BCUT2D eigenvalue weighted by Crippen LogP contribution is -2.18. The third kappa shape index (κ3) is 2.55. The highest BCUT2D eigenvalue weighted by molar-refractivity contribution is 5.86. The maximum absolute atomic E-state index is 10.9. The van der Waals surface area contributed by atoms with E-state index in [0.717, 1.165) is 31.4 Å². The van der Waals surface area contributed by atoms with Crippen molar-refractivity contribution in [2.75, 3.05) is 6.61 Å². The number of aromatic nitrogens is 3. The highest BCUT2D eigenvalue weighted by atomic mass is 16.5. The van der Waals surface area contributed by atoms with Crippen LogP contribution >= 0.6 is 0 Å². The van der Waals surface area contributed by atoms with Gasteiger partial charge in [-0.3, -0.25) is 0 Å². The molecule has 3 heterocycles. The second-order valence-electron chi connectivity index (χ2n) is 4.74. The van der Waals surface area contributed by atoms with Crippen LogP contribution in [0.3, 0.4) is 0 Å². The van der Waals surface area contributed by atoms with E-state index in [-0.39, 0.29) is 11.9 Å². The minimum atomic E-state index is -1.03. The van der Waals surface area contributed by atoms with Gasteiger partial charge in [-0.25, -0.2) is 14.5 Å². The minimum absolute atomic E-state index is 0.0276. The van der Waals surface area contributed by atoms with Gasteiger partial charge in [0, 0.05) is 18.4 Å². The van der Waals surface area contributed by atoms with E-state index < -0.39 is 5.97 Å². The van der Waals surface area contributed by atoms with Crippen LogP contribution in [0.2, 0.25) is 0 Å². The normalized spacial score (nSPS) is 18.9. The zero-order valence-electron chi connectivity index (χ0n) is 10.9. The molecule has 1 atom stereocenters. The van der Waals surface area contributed by atoms with Gasteiger partial charge in [0.25, 0.3) is 0 Å². The van der Waals surface area contributed by atoms with Crippen LogP contribution in [0.5, 0.6) is 0 Å². The number of rotatable bonds is 3. The number of carbonyl (C=O) groups is 1. The summed E-state index contributed by atoms with van der Waals surface area (Å²) in [5, 5.41) is 13.3. The molecule has 6 nitrogen and oxygen atoms in total. The van der Waals surface area contributed by atoms with Gasteiger partial charge in [0.05, 0.1) is 11.9 Å². The van der Waals surface area contributed by atoms with Crippen LogP contribution in [0, 0.1) is 0 Å². The zero-order chi connectivity index (χ0) is 13.9. The molecular weight excluding hydrogens is 258 g/mol. The molecule has 1 unspecified atom stereocenters. The summed E-state index contributed by atoms with van der Waals surface area (Å²) in [6, 6.07) is 4.93. The van der Waals surface area contributed by atoms with Gasteiger partial charge in [-0.05, 0) is 31.4 Å². The Morgan fingerprint density at radius 3 is 3.05 bits per heavy atom. The Balaban J connectivity index is 1.85. The predicted molar refractivity (Wildman–Crippen MR) is 71.3 cm³/mol. The molecule has 2 aromatic heterocycles. The summed E-state index contributed by atoms with van der Waals surface area (Å²) >= 11 is 0. The number of carboxylic acid groups (broad SMARTS) is 1. The molecular formula is C14H15N3O3. The molecule has 104 valence electrons. The SMILES string of the molecule is O=C(O)c1cccc(-c2cnn(C3CCCCO3)c2)n1. The fraction of sp³-hybridized carbons (Fsp3) is 0.357. The Morgan fingerprint density at radius 1 is 1.40 bits per heavy atom. The molecule has 1 N–H and O–H groups in total. The Morgan fingerprint density at radius 2 is 2.30 bits per heavy atom. The van der Waals surface area contributed by atoms with E-state index in [4.69, 9.17) is 9.84 Å². The van der Waals surface area contributed by atoms with Gasteiger partial charge in [0.2, 0.25) is 0 Å². The Bertz CT molecular complexity index is 618. The first kappa shape index (κ1) is 12.8. The topological polar surface area (TPSA) is 77.2 Å². The molecule has 0 radical (unpaired) electrons. The minimum Gasteiger partial charge on any atom is -0.477 e.